The van der Waals surface area contributed by atoms with Crippen LogP contribution in [-0.4, -0.2) is 32.5 Å². The molecule has 2 rings (SSSR count). The van der Waals surface area contributed by atoms with Gasteiger partial charge in [-0.25, -0.2) is 9.97 Å². The molecule has 0 aliphatic carbocycles. The van der Waals surface area contributed by atoms with Crippen LogP contribution in [0.2, 0.25) is 0 Å². The van der Waals surface area contributed by atoms with Crippen molar-refractivity contribution >= 4 is 23.4 Å². The Morgan fingerprint density at radius 1 is 1.25 bits per heavy atom. The maximum Gasteiger partial charge on any atom is 0.191 e. The van der Waals surface area contributed by atoms with Gasteiger partial charge < -0.3 is 10.6 Å². The normalized spacial score (nSPS) is 10.6. The van der Waals surface area contributed by atoms with E-state index in [9.17, 15) is 0 Å². The average molecular weight is 292 g/mol. The molecule has 0 unspecified atom stereocenters. The Morgan fingerprint density at radius 3 is 2.60 bits per heavy atom. The Labute approximate surface area is 123 Å². The van der Waals surface area contributed by atoms with E-state index in [1.54, 1.807) is 4.68 Å². The third kappa shape index (κ3) is 4.12. The highest BCUT2D eigenvalue weighted by atomic mass is 32.2. The molecule has 7 heteroatoms. The summed E-state index contributed by atoms with van der Waals surface area (Å²) in [5.41, 5.74) is 1.12. The molecule has 0 aromatic carbocycles. The summed E-state index contributed by atoms with van der Waals surface area (Å²) in [4.78, 5) is 8.89. The molecule has 2 heterocycles. The van der Waals surface area contributed by atoms with E-state index in [1.807, 2.05) is 31.8 Å². The van der Waals surface area contributed by atoms with Gasteiger partial charge in [0.2, 0.25) is 0 Å². The third-order valence-electron chi connectivity index (χ3n) is 2.68. The van der Waals surface area contributed by atoms with Crippen LogP contribution < -0.4 is 10.6 Å². The van der Waals surface area contributed by atoms with Crippen LogP contribution in [0, 0.1) is 0 Å². The largest absolute Gasteiger partial charge is 0.370 e. The van der Waals surface area contributed by atoms with Crippen molar-refractivity contribution < 1.29 is 0 Å². The maximum absolute atomic E-state index is 4.46. The minimum absolute atomic E-state index is 0.700. The standard InChI is InChI=1S/C13H20N6S/c1-4-5-14-11-6-12(18-13(17-11)20-3)15-7-10-8-16-19(2)9-10/h6,8-9H,4-5,7H2,1-3H3,(H2,14,15,17,18). The lowest BCUT2D eigenvalue weighted by atomic mass is 10.3. The van der Waals surface area contributed by atoms with E-state index in [-0.39, 0.29) is 0 Å². The van der Waals surface area contributed by atoms with Crippen LogP contribution in [0.25, 0.3) is 0 Å². The molecule has 0 saturated heterocycles. The second-order valence-electron chi connectivity index (χ2n) is 4.43. The van der Waals surface area contributed by atoms with Gasteiger partial charge in [-0.15, -0.1) is 0 Å². The number of rotatable bonds is 7. The van der Waals surface area contributed by atoms with E-state index in [0.29, 0.717) is 6.54 Å². The fraction of sp³-hybridized carbons (Fsp3) is 0.462. The number of aryl methyl sites for hydroxylation is 1. The Kier molecular flexibility index (Phi) is 5.23. The van der Waals surface area contributed by atoms with Crippen molar-refractivity contribution in [3.63, 3.8) is 0 Å². The first kappa shape index (κ1) is 14.6. The highest BCUT2D eigenvalue weighted by Crippen LogP contribution is 2.17. The predicted octanol–water partition coefficient (Wildman–Crippen LogP) is 2.37. The molecule has 2 aromatic rings. The first-order valence-corrected chi connectivity index (χ1v) is 7.82. The van der Waals surface area contributed by atoms with Crippen molar-refractivity contribution in [2.45, 2.75) is 25.0 Å². The molecule has 2 N–H and O–H groups in total. The first-order chi connectivity index (χ1) is 9.71. The van der Waals surface area contributed by atoms with Crippen LogP contribution in [0.4, 0.5) is 11.6 Å². The average Bonchev–Trinajstić information content (AvgIpc) is 2.88. The lowest BCUT2D eigenvalue weighted by Gasteiger charge is -2.09. The van der Waals surface area contributed by atoms with Crippen LogP contribution in [0.5, 0.6) is 0 Å². The zero-order valence-corrected chi connectivity index (χ0v) is 12.9. The van der Waals surface area contributed by atoms with Crippen molar-refractivity contribution in [2.24, 2.45) is 7.05 Å². The summed E-state index contributed by atoms with van der Waals surface area (Å²) in [5, 5.41) is 11.5. The van der Waals surface area contributed by atoms with E-state index in [0.717, 1.165) is 35.3 Å². The highest BCUT2D eigenvalue weighted by molar-refractivity contribution is 7.98. The lowest BCUT2D eigenvalue weighted by Crippen LogP contribution is -2.07. The summed E-state index contributed by atoms with van der Waals surface area (Å²) >= 11 is 1.54. The zero-order valence-electron chi connectivity index (χ0n) is 12.1. The topological polar surface area (TPSA) is 67.7 Å². The predicted molar refractivity (Wildman–Crippen MR) is 83.1 cm³/mol. The van der Waals surface area contributed by atoms with Crippen molar-refractivity contribution in [1.82, 2.24) is 19.7 Å². The number of thioether (sulfide) groups is 1. The van der Waals surface area contributed by atoms with Gasteiger partial charge in [-0.2, -0.15) is 5.10 Å². The summed E-state index contributed by atoms with van der Waals surface area (Å²) < 4.78 is 1.79. The van der Waals surface area contributed by atoms with Crippen LogP contribution in [-0.2, 0) is 13.6 Å². The van der Waals surface area contributed by atoms with Gasteiger partial charge in [0.25, 0.3) is 0 Å². The molecular formula is C13H20N6S. The Bertz CT molecular complexity index is 554. The van der Waals surface area contributed by atoms with Gasteiger partial charge in [0.1, 0.15) is 11.6 Å². The summed E-state index contributed by atoms with van der Waals surface area (Å²) in [6, 6.07) is 1.94. The monoisotopic (exact) mass is 292 g/mol. The van der Waals surface area contributed by atoms with Crippen LogP contribution in [0.15, 0.2) is 23.6 Å². The molecule has 0 aliphatic heterocycles. The molecule has 0 bridgehead atoms. The van der Waals surface area contributed by atoms with Gasteiger partial charge in [-0.1, -0.05) is 18.7 Å². The minimum Gasteiger partial charge on any atom is -0.370 e. The molecule has 0 spiro atoms. The lowest BCUT2D eigenvalue weighted by molar-refractivity contribution is 0.767. The maximum atomic E-state index is 4.46. The van der Waals surface area contributed by atoms with Crippen molar-refractivity contribution in [1.29, 1.82) is 0 Å². The van der Waals surface area contributed by atoms with Crippen molar-refractivity contribution in [3.8, 4) is 0 Å². The Morgan fingerprint density at radius 2 is 2.00 bits per heavy atom. The minimum atomic E-state index is 0.700. The quantitative estimate of drug-likeness (QED) is 0.603. The van der Waals surface area contributed by atoms with Gasteiger partial charge in [0.05, 0.1) is 6.20 Å². The van der Waals surface area contributed by atoms with Crippen LogP contribution in [0.1, 0.15) is 18.9 Å². The molecule has 0 radical (unpaired) electrons. The summed E-state index contributed by atoms with van der Waals surface area (Å²) in [6.45, 7) is 3.74. The molecule has 0 atom stereocenters. The third-order valence-corrected chi connectivity index (χ3v) is 3.22. The van der Waals surface area contributed by atoms with Gasteiger partial charge >= 0.3 is 0 Å². The molecule has 2 aromatic heterocycles. The molecule has 0 saturated carbocycles. The summed E-state index contributed by atoms with van der Waals surface area (Å²) in [6.07, 6.45) is 6.88. The number of hydrogen-bond donors (Lipinski definition) is 2. The van der Waals surface area contributed by atoms with E-state index in [1.165, 1.54) is 11.8 Å². The molecule has 108 valence electrons. The second-order valence-corrected chi connectivity index (χ2v) is 5.20. The van der Waals surface area contributed by atoms with Crippen LogP contribution >= 0.6 is 11.8 Å². The number of anilines is 2. The molecule has 0 fully saturated rings. The smallest absolute Gasteiger partial charge is 0.191 e. The van der Waals surface area contributed by atoms with Gasteiger partial charge in [0, 0.05) is 38.0 Å². The van der Waals surface area contributed by atoms with Crippen LogP contribution in [0.3, 0.4) is 0 Å². The molecule has 0 amide bonds. The first-order valence-electron chi connectivity index (χ1n) is 6.59. The van der Waals surface area contributed by atoms with E-state index < -0.39 is 0 Å². The molecule has 20 heavy (non-hydrogen) atoms. The van der Waals surface area contributed by atoms with E-state index in [4.69, 9.17) is 0 Å². The number of hydrogen-bond acceptors (Lipinski definition) is 6. The second kappa shape index (κ2) is 7.14. The molecule has 0 aliphatic rings. The van der Waals surface area contributed by atoms with E-state index >= 15 is 0 Å². The summed E-state index contributed by atoms with van der Waals surface area (Å²) in [5.74, 6) is 1.69. The Hall–Kier alpha value is -1.76. The fourth-order valence-corrected chi connectivity index (χ4v) is 2.09. The van der Waals surface area contributed by atoms with Crippen molar-refractivity contribution in [2.75, 3.05) is 23.4 Å². The number of aromatic nitrogens is 4. The van der Waals surface area contributed by atoms with Gasteiger partial charge in [0.15, 0.2) is 5.16 Å². The molecule has 6 nitrogen and oxygen atoms in total. The number of nitrogens with zero attached hydrogens (tertiary/aromatic N) is 4. The zero-order chi connectivity index (χ0) is 14.4. The van der Waals surface area contributed by atoms with Gasteiger partial charge in [-0.3, -0.25) is 4.68 Å². The van der Waals surface area contributed by atoms with Gasteiger partial charge in [-0.05, 0) is 12.7 Å². The molecular weight excluding hydrogens is 272 g/mol. The SMILES string of the molecule is CCCNc1cc(NCc2cnn(C)c2)nc(SC)n1. The number of nitrogens with one attached hydrogen (secondary N) is 2. The summed E-state index contributed by atoms with van der Waals surface area (Å²) in [7, 11) is 1.91. The highest BCUT2D eigenvalue weighted by Gasteiger charge is 2.04. The Balaban J connectivity index is 2.05. The fourth-order valence-electron chi connectivity index (χ4n) is 1.71. The van der Waals surface area contributed by atoms with Crippen molar-refractivity contribution in [3.05, 3.63) is 24.0 Å². The van der Waals surface area contributed by atoms with E-state index in [2.05, 4.69) is 32.6 Å².